The van der Waals surface area contributed by atoms with Crippen LogP contribution in [0.1, 0.15) is 16.1 Å². The molecule has 0 aliphatic heterocycles. The number of phenols is 1. The standard InChI is InChI=1S/C21H22BrFN2O2S/c1-14-11-17-20(13-18(14)25(2)8-10-27-9-7-23)28-21(24-17)6-4-15-3-5-19(26)16(22)12-15/h3-6,11-13,26H,7-10H2,1-2H3. The number of aryl methyl sites for hydroxylation is 1. The fraction of sp³-hybridized carbons (Fsp3) is 0.286. The summed E-state index contributed by atoms with van der Waals surface area (Å²) in [7, 11) is 2.01. The Balaban J connectivity index is 1.77. The van der Waals surface area contributed by atoms with E-state index in [1.54, 1.807) is 17.4 Å². The van der Waals surface area contributed by atoms with Gasteiger partial charge in [0.25, 0.3) is 0 Å². The van der Waals surface area contributed by atoms with Gasteiger partial charge in [0.15, 0.2) is 0 Å². The van der Waals surface area contributed by atoms with Gasteiger partial charge in [0, 0.05) is 19.3 Å². The molecule has 0 bridgehead atoms. The van der Waals surface area contributed by atoms with Crippen molar-refractivity contribution in [1.82, 2.24) is 4.98 Å². The summed E-state index contributed by atoms with van der Waals surface area (Å²) in [5.41, 5.74) is 4.22. The Morgan fingerprint density at radius 3 is 2.82 bits per heavy atom. The molecule has 0 unspecified atom stereocenters. The molecule has 1 N–H and O–H groups in total. The van der Waals surface area contributed by atoms with Crippen molar-refractivity contribution in [2.75, 3.05) is 38.4 Å². The van der Waals surface area contributed by atoms with Crippen LogP contribution in [0.25, 0.3) is 22.4 Å². The lowest BCUT2D eigenvalue weighted by Crippen LogP contribution is -2.23. The first-order valence-electron chi connectivity index (χ1n) is 8.90. The highest BCUT2D eigenvalue weighted by Crippen LogP contribution is 2.31. The number of aromatic hydroxyl groups is 1. The van der Waals surface area contributed by atoms with Crippen LogP contribution in [0.3, 0.4) is 0 Å². The van der Waals surface area contributed by atoms with Crippen molar-refractivity contribution >= 4 is 55.3 Å². The van der Waals surface area contributed by atoms with Crippen LogP contribution in [-0.2, 0) is 4.74 Å². The number of thiazole rings is 1. The lowest BCUT2D eigenvalue weighted by molar-refractivity contribution is 0.125. The average Bonchev–Trinajstić information content (AvgIpc) is 3.07. The summed E-state index contributed by atoms with van der Waals surface area (Å²) in [6, 6.07) is 9.61. The topological polar surface area (TPSA) is 45.6 Å². The molecule has 0 spiro atoms. The lowest BCUT2D eigenvalue weighted by Gasteiger charge is -2.21. The third-order valence-corrected chi connectivity index (χ3v) is 5.94. The number of likely N-dealkylation sites (N-methyl/N-ethyl adjacent to an activating group) is 1. The van der Waals surface area contributed by atoms with Gasteiger partial charge in [0.2, 0.25) is 0 Å². The minimum absolute atomic E-state index is 0.147. The molecule has 0 aliphatic rings. The molecule has 2 aromatic carbocycles. The minimum Gasteiger partial charge on any atom is -0.507 e. The van der Waals surface area contributed by atoms with Crippen LogP contribution in [0, 0.1) is 6.92 Å². The average molecular weight is 465 g/mol. The first-order valence-corrected chi connectivity index (χ1v) is 10.5. The molecular weight excluding hydrogens is 443 g/mol. The number of halogens is 2. The quantitative estimate of drug-likeness (QED) is 0.436. The predicted octanol–water partition coefficient (Wildman–Crippen LogP) is 5.67. The van der Waals surface area contributed by atoms with Crippen LogP contribution in [0.5, 0.6) is 5.75 Å². The second-order valence-electron chi connectivity index (χ2n) is 6.43. The fourth-order valence-electron chi connectivity index (χ4n) is 2.84. The largest absolute Gasteiger partial charge is 0.507 e. The van der Waals surface area contributed by atoms with Gasteiger partial charge in [-0.3, -0.25) is 0 Å². The molecule has 0 amide bonds. The molecule has 4 nitrogen and oxygen atoms in total. The van der Waals surface area contributed by atoms with E-state index in [-0.39, 0.29) is 12.4 Å². The number of rotatable bonds is 8. The highest BCUT2D eigenvalue weighted by atomic mass is 79.9. The normalized spacial score (nSPS) is 11.6. The highest BCUT2D eigenvalue weighted by Gasteiger charge is 2.10. The summed E-state index contributed by atoms with van der Waals surface area (Å²) in [6.07, 6.45) is 3.96. The molecule has 1 heterocycles. The molecule has 3 aromatic rings. The van der Waals surface area contributed by atoms with E-state index in [0.717, 1.165) is 32.0 Å². The molecule has 28 heavy (non-hydrogen) atoms. The third-order valence-electron chi connectivity index (χ3n) is 4.32. The molecule has 3 rings (SSSR count). The number of anilines is 1. The molecule has 148 valence electrons. The Morgan fingerprint density at radius 2 is 2.07 bits per heavy atom. The zero-order valence-corrected chi connectivity index (χ0v) is 18.2. The van der Waals surface area contributed by atoms with Gasteiger partial charge < -0.3 is 14.7 Å². The van der Waals surface area contributed by atoms with Crippen LogP contribution >= 0.6 is 27.3 Å². The molecule has 0 saturated carbocycles. The van der Waals surface area contributed by atoms with E-state index >= 15 is 0 Å². The van der Waals surface area contributed by atoms with E-state index in [1.807, 2.05) is 31.3 Å². The molecule has 0 atom stereocenters. The van der Waals surface area contributed by atoms with E-state index in [4.69, 9.17) is 9.72 Å². The molecule has 0 radical (unpaired) electrons. The van der Waals surface area contributed by atoms with Crippen LogP contribution < -0.4 is 4.90 Å². The van der Waals surface area contributed by atoms with Gasteiger partial charge in [-0.2, -0.15) is 0 Å². The smallest absolute Gasteiger partial charge is 0.129 e. The number of aromatic nitrogens is 1. The van der Waals surface area contributed by atoms with Crippen molar-refractivity contribution in [1.29, 1.82) is 0 Å². The number of alkyl halides is 1. The predicted molar refractivity (Wildman–Crippen MR) is 119 cm³/mol. The molecule has 0 saturated heterocycles. The van der Waals surface area contributed by atoms with Gasteiger partial charge in [0.05, 0.1) is 27.9 Å². The second kappa shape index (κ2) is 9.49. The Labute approximate surface area is 176 Å². The van der Waals surface area contributed by atoms with Crippen LogP contribution in [0.15, 0.2) is 34.8 Å². The third kappa shape index (κ3) is 5.10. The Kier molecular flexibility index (Phi) is 7.04. The van der Waals surface area contributed by atoms with Crippen LogP contribution in [0.2, 0.25) is 0 Å². The zero-order chi connectivity index (χ0) is 20.1. The first kappa shape index (κ1) is 20.8. The van der Waals surface area contributed by atoms with Crippen LogP contribution in [0.4, 0.5) is 10.1 Å². The van der Waals surface area contributed by atoms with Crippen molar-refractivity contribution in [2.45, 2.75) is 6.92 Å². The Bertz CT molecular complexity index is 990. The molecule has 0 aliphatic carbocycles. The van der Waals surface area contributed by atoms with Crippen molar-refractivity contribution in [3.63, 3.8) is 0 Å². The number of fused-ring (bicyclic) bond motifs is 1. The number of hydrogen-bond acceptors (Lipinski definition) is 5. The summed E-state index contributed by atoms with van der Waals surface area (Å²) in [6.45, 7) is 2.96. The summed E-state index contributed by atoms with van der Waals surface area (Å²) in [4.78, 5) is 6.82. The van der Waals surface area contributed by atoms with E-state index < -0.39 is 6.67 Å². The van der Waals surface area contributed by atoms with Crippen LogP contribution in [-0.4, -0.2) is 43.6 Å². The molecule has 1 aromatic heterocycles. The summed E-state index contributed by atoms with van der Waals surface area (Å²) in [5.74, 6) is 0.222. The first-order chi connectivity index (χ1) is 13.5. The maximum Gasteiger partial charge on any atom is 0.129 e. The minimum atomic E-state index is -0.451. The van der Waals surface area contributed by atoms with Gasteiger partial charge in [0.1, 0.15) is 17.4 Å². The van der Waals surface area contributed by atoms with Gasteiger partial charge in [-0.1, -0.05) is 12.1 Å². The van der Waals surface area contributed by atoms with Gasteiger partial charge >= 0.3 is 0 Å². The van der Waals surface area contributed by atoms with E-state index in [0.29, 0.717) is 17.6 Å². The number of nitrogens with zero attached hydrogens (tertiary/aromatic N) is 2. The Morgan fingerprint density at radius 1 is 1.25 bits per heavy atom. The zero-order valence-electron chi connectivity index (χ0n) is 15.8. The summed E-state index contributed by atoms with van der Waals surface area (Å²) >= 11 is 4.96. The van der Waals surface area contributed by atoms with Gasteiger partial charge in [-0.05, 0) is 64.3 Å². The number of hydrogen-bond donors (Lipinski definition) is 1. The SMILES string of the molecule is Cc1cc2nc(C=Cc3ccc(O)c(Br)c3)sc2cc1N(C)CCOCCF. The van der Waals surface area contributed by atoms with Gasteiger partial charge in [-0.15, -0.1) is 11.3 Å². The van der Waals surface area contributed by atoms with E-state index in [9.17, 15) is 9.50 Å². The second-order valence-corrected chi connectivity index (χ2v) is 8.34. The monoisotopic (exact) mass is 464 g/mol. The molecule has 7 heteroatoms. The summed E-state index contributed by atoms with van der Waals surface area (Å²) < 4.78 is 19.1. The fourth-order valence-corrected chi connectivity index (χ4v) is 4.12. The van der Waals surface area contributed by atoms with Crippen molar-refractivity contribution in [3.05, 3.63) is 50.9 Å². The summed E-state index contributed by atoms with van der Waals surface area (Å²) in [5, 5.41) is 10.5. The lowest BCUT2D eigenvalue weighted by atomic mass is 10.1. The number of phenolic OH excluding ortho intramolecular Hbond substituents is 1. The van der Waals surface area contributed by atoms with Crippen molar-refractivity contribution in [2.24, 2.45) is 0 Å². The van der Waals surface area contributed by atoms with Gasteiger partial charge in [-0.25, -0.2) is 9.37 Å². The Hall–Kier alpha value is -1.96. The van der Waals surface area contributed by atoms with Crippen molar-refractivity contribution in [3.8, 4) is 5.75 Å². The van der Waals surface area contributed by atoms with E-state index in [1.165, 1.54) is 0 Å². The number of benzene rings is 2. The molecule has 0 fully saturated rings. The maximum atomic E-state index is 12.1. The van der Waals surface area contributed by atoms with Crippen molar-refractivity contribution < 1.29 is 14.2 Å². The molecular formula is C21H22BrFN2O2S. The number of ether oxygens (including phenoxy) is 1. The van der Waals surface area contributed by atoms with E-state index in [2.05, 4.69) is 39.9 Å². The highest BCUT2D eigenvalue weighted by molar-refractivity contribution is 9.10. The maximum absolute atomic E-state index is 12.1.